The lowest BCUT2D eigenvalue weighted by molar-refractivity contribution is -0.620. The predicted molar refractivity (Wildman–Crippen MR) is 121 cm³/mol. The van der Waals surface area contributed by atoms with Crippen LogP contribution in [0.5, 0.6) is 5.88 Å². The van der Waals surface area contributed by atoms with Crippen molar-refractivity contribution in [3.8, 4) is 17.7 Å². The van der Waals surface area contributed by atoms with Gasteiger partial charge in [0.15, 0.2) is 0 Å². The maximum atomic E-state index is 7.47. The van der Waals surface area contributed by atoms with Gasteiger partial charge >= 0.3 is 0 Å². The van der Waals surface area contributed by atoms with Gasteiger partial charge in [-0.05, 0) is 79.7 Å². The molecule has 2 fully saturated rings. The summed E-state index contributed by atoms with van der Waals surface area (Å²) in [5.74, 6) is 7.79. The molecule has 1 saturated heterocycles. The van der Waals surface area contributed by atoms with E-state index in [1.807, 2.05) is 28.9 Å². The van der Waals surface area contributed by atoms with Crippen molar-refractivity contribution in [1.29, 1.82) is 0 Å². The van der Waals surface area contributed by atoms with Crippen molar-refractivity contribution in [3.05, 3.63) is 30.5 Å². The minimum absolute atomic E-state index is 0.0804. The molecule has 8 nitrogen and oxygen atoms in total. The molecule has 2 atom stereocenters. The molecule has 176 valence electrons. The Morgan fingerprint density at radius 2 is 2.03 bits per heavy atom. The molecule has 0 spiro atoms. The number of aromatic nitrogens is 2. The molecule has 0 amide bonds. The number of ether oxygens (including phenoxy) is 1. The Hall–Kier alpha value is -2.15. The van der Waals surface area contributed by atoms with Crippen LogP contribution in [0, 0.1) is 23.7 Å². The predicted octanol–water partition coefficient (Wildman–Crippen LogP) is 4.37. The first-order valence-corrected chi connectivity index (χ1v) is 11.6. The average molecular weight is 446 g/mol. The first-order chi connectivity index (χ1) is 15.8. The zero-order valence-electron chi connectivity index (χ0n) is 18.9. The van der Waals surface area contributed by atoms with Gasteiger partial charge in [0.25, 0.3) is 0 Å². The second-order valence-corrected chi connectivity index (χ2v) is 8.33. The maximum Gasteiger partial charge on any atom is 0.233 e. The van der Waals surface area contributed by atoms with E-state index in [-0.39, 0.29) is 6.61 Å². The molecule has 3 heterocycles. The fourth-order valence-corrected chi connectivity index (χ4v) is 4.63. The van der Waals surface area contributed by atoms with Gasteiger partial charge in [0.2, 0.25) is 5.88 Å². The van der Waals surface area contributed by atoms with E-state index in [0.29, 0.717) is 0 Å². The summed E-state index contributed by atoms with van der Waals surface area (Å²) in [5, 5.41) is 18.6. The van der Waals surface area contributed by atoms with Gasteiger partial charge in [-0.2, -0.15) is 4.89 Å². The van der Waals surface area contributed by atoms with Gasteiger partial charge in [-0.15, -0.1) is 11.0 Å². The molecule has 0 bridgehead atoms. The van der Waals surface area contributed by atoms with Crippen LogP contribution in [0.15, 0.2) is 30.5 Å². The largest absolute Gasteiger partial charge is 0.477 e. The van der Waals surface area contributed by atoms with E-state index in [1.165, 1.54) is 58.2 Å². The zero-order valence-corrected chi connectivity index (χ0v) is 18.9. The smallest absolute Gasteiger partial charge is 0.233 e. The Balaban J connectivity index is 0.000000312. The van der Waals surface area contributed by atoms with Crippen molar-refractivity contribution in [2.45, 2.75) is 51.9 Å². The van der Waals surface area contributed by atoms with Gasteiger partial charge < -0.3 is 9.64 Å². The lowest BCUT2D eigenvalue weighted by Crippen LogP contribution is -2.42. The molecule has 0 radical (unpaired) electrons. The van der Waals surface area contributed by atoms with Crippen molar-refractivity contribution in [1.82, 2.24) is 14.5 Å². The normalized spacial score (nSPS) is 20.6. The minimum Gasteiger partial charge on any atom is -0.477 e. The Labute approximate surface area is 190 Å². The number of hydrogen-bond donors (Lipinski definition) is 1. The molecule has 4 rings (SSSR count). The molecule has 8 heteroatoms. The van der Waals surface area contributed by atoms with Crippen LogP contribution in [0.25, 0.3) is 5.52 Å². The van der Waals surface area contributed by atoms with Crippen LogP contribution in [0.2, 0.25) is 0 Å². The Kier molecular flexibility index (Phi) is 10.8. The van der Waals surface area contributed by atoms with Crippen LogP contribution < -0.4 is 4.74 Å². The molecule has 1 aliphatic carbocycles. The molecule has 2 aliphatic rings. The van der Waals surface area contributed by atoms with Crippen molar-refractivity contribution < 1.29 is 25.0 Å². The molecule has 1 saturated carbocycles. The van der Waals surface area contributed by atoms with E-state index < -0.39 is 0 Å². The van der Waals surface area contributed by atoms with E-state index in [1.54, 1.807) is 6.92 Å². The summed E-state index contributed by atoms with van der Waals surface area (Å²) >= 11 is 0. The highest BCUT2D eigenvalue weighted by Gasteiger charge is 2.30. The number of hydrogen-bond acceptors (Lipinski definition) is 7. The summed E-state index contributed by atoms with van der Waals surface area (Å²) in [6.07, 6.45) is 11.6. The van der Waals surface area contributed by atoms with E-state index in [2.05, 4.69) is 42.9 Å². The summed E-state index contributed by atoms with van der Waals surface area (Å²) in [4.78, 5) is 6.77. The lowest BCUT2D eigenvalue weighted by Gasteiger charge is -2.41. The number of piperidine rings is 1. The number of fused-ring (bicyclic) bond motifs is 2. The third kappa shape index (κ3) is 8.08. The van der Waals surface area contributed by atoms with E-state index >= 15 is 0 Å². The van der Waals surface area contributed by atoms with Crippen molar-refractivity contribution in [2.75, 3.05) is 32.8 Å². The Morgan fingerprint density at radius 3 is 2.84 bits per heavy atom. The maximum absolute atomic E-state index is 7.47. The van der Waals surface area contributed by atoms with Gasteiger partial charge in [-0.3, -0.25) is 0 Å². The van der Waals surface area contributed by atoms with Gasteiger partial charge in [0, 0.05) is 18.8 Å². The first kappa shape index (κ1) is 24.5. The summed E-state index contributed by atoms with van der Waals surface area (Å²) in [7, 11) is 0. The van der Waals surface area contributed by atoms with Crippen molar-refractivity contribution >= 4 is 5.52 Å². The van der Waals surface area contributed by atoms with Crippen LogP contribution >= 0.6 is 0 Å². The first-order valence-electron chi connectivity index (χ1n) is 11.6. The second-order valence-electron chi connectivity index (χ2n) is 8.33. The van der Waals surface area contributed by atoms with E-state index in [0.717, 1.165) is 36.3 Å². The molecule has 0 aromatic carbocycles. The lowest BCUT2D eigenvalue weighted by atomic mass is 9.75. The quantitative estimate of drug-likeness (QED) is 0.266. The average Bonchev–Trinajstić information content (AvgIpc) is 3.25. The van der Waals surface area contributed by atoms with Crippen molar-refractivity contribution in [2.24, 2.45) is 11.8 Å². The highest BCUT2D eigenvalue weighted by Crippen LogP contribution is 2.36. The summed E-state index contributed by atoms with van der Waals surface area (Å²) in [6.45, 7) is 6.40. The SMILES string of the molecule is CC#CCOOOO.c1ccn2nc(OCCCCN3CCC4CCCCC4C3)cc2c1. The van der Waals surface area contributed by atoms with Gasteiger partial charge in [-0.25, -0.2) is 9.77 Å². The molecule has 2 unspecified atom stereocenters. The third-order valence-electron chi connectivity index (χ3n) is 6.23. The fraction of sp³-hybridized carbons (Fsp3) is 0.625. The molecular formula is C24H35N3O5. The number of likely N-dealkylation sites (tertiary alicyclic amines) is 1. The highest BCUT2D eigenvalue weighted by atomic mass is 17.6. The van der Waals surface area contributed by atoms with Gasteiger partial charge in [0.1, 0.15) is 6.61 Å². The number of unbranched alkanes of at least 4 members (excludes halogenated alkanes) is 1. The van der Waals surface area contributed by atoms with Crippen LogP contribution in [0.1, 0.15) is 51.9 Å². The second kappa shape index (κ2) is 14.1. The number of rotatable bonds is 9. The molecular weight excluding hydrogens is 410 g/mol. The van der Waals surface area contributed by atoms with E-state index in [9.17, 15) is 0 Å². The minimum atomic E-state index is 0.0804. The summed E-state index contributed by atoms with van der Waals surface area (Å²) in [6, 6.07) is 8.07. The molecule has 2 aromatic heterocycles. The fourth-order valence-electron chi connectivity index (χ4n) is 4.63. The standard InChI is InChI=1S/C20H29N3O.C4H6O4/c1-2-8-18-16-22(13-10-17(18)7-1)11-5-6-14-24-20-15-19-9-3-4-12-23(19)21-20;1-2-3-4-6-8-7-5/h3-4,9,12,15,17-18H,1-2,5-8,10-11,13-14,16H2;5H,4H2,1H3. The monoisotopic (exact) mass is 445 g/mol. The third-order valence-corrected chi connectivity index (χ3v) is 6.23. The van der Waals surface area contributed by atoms with E-state index in [4.69, 9.17) is 9.99 Å². The van der Waals surface area contributed by atoms with Crippen LogP contribution in [0.4, 0.5) is 0 Å². The van der Waals surface area contributed by atoms with Crippen molar-refractivity contribution in [3.63, 3.8) is 0 Å². The Bertz CT molecular complexity index is 814. The topological polar surface area (TPSA) is 77.7 Å². The number of nitrogens with zero attached hydrogens (tertiary/aromatic N) is 3. The molecule has 1 aliphatic heterocycles. The molecule has 32 heavy (non-hydrogen) atoms. The zero-order chi connectivity index (χ0) is 22.4. The van der Waals surface area contributed by atoms with Crippen LogP contribution in [-0.2, 0) is 15.0 Å². The molecule has 2 aromatic rings. The number of pyridine rings is 1. The summed E-state index contributed by atoms with van der Waals surface area (Å²) < 4.78 is 7.68. The highest BCUT2D eigenvalue weighted by molar-refractivity contribution is 5.48. The van der Waals surface area contributed by atoms with Crippen LogP contribution in [0.3, 0.4) is 0 Å². The summed E-state index contributed by atoms with van der Waals surface area (Å²) in [5.41, 5.74) is 1.09. The van der Waals surface area contributed by atoms with Crippen LogP contribution in [-0.4, -0.2) is 52.6 Å². The molecule has 1 N–H and O–H groups in total. The van der Waals surface area contributed by atoms with Gasteiger partial charge in [0.05, 0.1) is 12.1 Å². The Morgan fingerprint density at radius 1 is 1.16 bits per heavy atom. The van der Waals surface area contributed by atoms with Gasteiger partial charge in [-0.1, -0.05) is 31.2 Å².